The molecule has 16 heavy (non-hydrogen) atoms. The van der Waals surface area contributed by atoms with Crippen LogP contribution in [0.5, 0.6) is 0 Å². The molecule has 0 bridgehead atoms. The number of halogens is 1. The topological polar surface area (TPSA) is 38.9 Å². The molecule has 1 saturated carbocycles. The van der Waals surface area contributed by atoms with E-state index in [1.165, 1.54) is 38.5 Å². The van der Waals surface area contributed by atoms with Crippen molar-refractivity contribution in [2.45, 2.75) is 51.4 Å². The Balaban J connectivity index is 1.75. The van der Waals surface area contributed by atoms with Gasteiger partial charge in [0.05, 0.1) is 0 Å². The minimum Gasteiger partial charge on any atom is -0.425 e. The first kappa shape index (κ1) is 11.9. The summed E-state index contributed by atoms with van der Waals surface area (Å²) in [7, 11) is 0. The van der Waals surface area contributed by atoms with Crippen LogP contribution in [0.25, 0.3) is 0 Å². The lowest BCUT2D eigenvalue weighted by atomic mass is 9.86. The highest BCUT2D eigenvalue weighted by Crippen LogP contribution is 2.27. The lowest BCUT2D eigenvalue weighted by molar-refractivity contribution is 0.326. The molecule has 0 unspecified atom stereocenters. The molecule has 0 N–H and O–H groups in total. The molecule has 1 heterocycles. The molecule has 3 nitrogen and oxygen atoms in total. The second-order valence-corrected chi connectivity index (χ2v) is 4.95. The maximum Gasteiger partial charge on any atom is 0.217 e. The van der Waals surface area contributed by atoms with Crippen molar-refractivity contribution < 1.29 is 4.42 Å². The zero-order valence-electron chi connectivity index (χ0n) is 9.62. The van der Waals surface area contributed by atoms with Gasteiger partial charge in [-0.3, -0.25) is 0 Å². The van der Waals surface area contributed by atoms with E-state index in [1.54, 1.807) is 0 Å². The standard InChI is InChI=1S/C12H19ClN2O/c13-9-8-12-15-14-11(16-12)7-6-10-4-2-1-3-5-10/h10H,1-9H2. The molecule has 0 saturated heterocycles. The summed E-state index contributed by atoms with van der Waals surface area (Å²) in [5.41, 5.74) is 0. The maximum atomic E-state index is 5.62. The Morgan fingerprint density at radius 2 is 1.75 bits per heavy atom. The summed E-state index contributed by atoms with van der Waals surface area (Å²) in [6.45, 7) is 0. The highest BCUT2D eigenvalue weighted by atomic mass is 35.5. The van der Waals surface area contributed by atoms with Crippen LogP contribution in [0.1, 0.15) is 50.3 Å². The second-order valence-electron chi connectivity index (χ2n) is 4.57. The fourth-order valence-corrected chi connectivity index (χ4v) is 2.54. The van der Waals surface area contributed by atoms with Crippen molar-refractivity contribution in [1.82, 2.24) is 10.2 Å². The van der Waals surface area contributed by atoms with Gasteiger partial charge in [-0.15, -0.1) is 21.8 Å². The number of aryl methyl sites for hydroxylation is 2. The van der Waals surface area contributed by atoms with Gasteiger partial charge < -0.3 is 4.42 Å². The van der Waals surface area contributed by atoms with Crippen LogP contribution in [0.2, 0.25) is 0 Å². The van der Waals surface area contributed by atoms with E-state index in [1.807, 2.05) is 0 Å². The van der Waals surface area contributed by atoms with E-state index < -0.39 is 0 Å². The zero-order valence-corrected chi connectivity index (χ0v) is 10.4. The Morgan fingerprint density at radius 1 is 1.06 bits per heavy atom. The molecule has 1 aromatic rings. The minimum absolute atomic E-state index is 0.546. The lowest BCUT2D eigenvalue weighted by Gasteiger charge is -2.20. The zero-order chi connectivity index (χ0) is 11.2. The molecule has 0 spiro atoms. The average Bonchev–Trinajstić information content (AvgIpc) is 2.76. The smallest absolute Gasteiger partial charge is 0.217 e. The van der Waals surface area contributed by atoms with Crippen molar-refractivity contribution in [3.8, 4) is 0 Å². The number of nitrogens with zero attached hydrogens (tertiary/aromatic N) is 2. The van der Waals surface area contributed by atoms with Crippen LogP contribution in [0.3, 0.4) is 0 Å². The summed E-state index contributed by atoms with van der Waals surface area (Å²) >= 11 is 5.62. The summed E-state index contributed by atoms with van der Waals surface area (Å²) < 4.78 is 5.51. The molecule has 0 atom stereocenters. The van der Waals surface area contributed by atoms with Crippen molar-refractivity contribution in [3.63, 3.8) is 0 Å². The highest BCUT2D eigenvalue weighted by Gasteiger charge is 2.14. The molecule has 0 aliphatic heterocycles. The van der Waals surface area contributed by atoms with Gasteiger partial charge in [-0.25, -0.2) is 0 Å². The van der Waals surface area contributed by atoms with Crippen LogP contribution in [-0.2, 0) is 12.8 Å². The second kappa shape index (κ2) is 6.24. The Morgan fingerprint density at radius 3 is 2.44 bits per heavy atom. The van der Waals surface area contributed by atoms with Gasteiger partial charge in [0.25, 0.3) is 0 Å². The molecular weight excluding hydrogens is 224 g/mol. The molecule has 2 rings (SSSR count). The van der Waals surface area contributed by atoms with Crippen LogP contribution in [0.4, 0.5) is 0 Å². The molecular formula is C12H19ClN2O. The van der Waals surface area contributed by atoms with Crippen molar-refractivity contribution in [1.29, 1.82) is 0 Å². The molecule has 0 aromatic carbocycles. The number of hydrogen-bond donors (Lipinski definition) is 0. The Kier molecular flexibility index (Phi) is 4.64. The molecule has 4 heteroatoms. The van der Waals surface area contributed by atoms with E-state index in [0.717, 1.165) is 18.2 Å². The fraction of sp³-hybridized carbons (Fsp3) is 0.833. The van der Waals surface area contributed by atoms with Gasteiger partial charge in [-0.05, 0) is 12.3 Å². The van der Waals surface area contributed by atoms with Crippen molar-refractivity contribution in [2.75, 3.05) is 5.88 Å². The first-order valence-corrected chi connectivity index (χ1v) is 6.79. The normalized spacial score (nSPS) is 17.8. The lowest BCUT2D eigenvalue weighted by Crippen LogP contribution is -2.07. The summed E-state index contributed by atoms with van der Waals surface area (Å²) in [6.07, 6.45) is 9.76. The van der Waals surface area contributed by atoms with Crippen molar-refractivity contribution in [3.05, 3.63) is 11.8 Å². The van der Waals surface area contributed by atoms with Crippen molar-refractivity contribution in [2.24, 2.45) is 5.92 Å². The van der Waals surface area contributed by atoms with Gasteiger partial charge in [-0.1, -0.05) is 32.1 Å². The fourth-order valence-electron chi connectivity index (χ4n) is 2.37. The molecule has 1 aliphatic carbocycles. The Hall–Kier alpha value is -0.570. The van der Waals surface area contributed by atoms with Gasteiger partial charge in [0.15, 0.2) is 0 Å². The van der Waals surface area contributed by atoms with Gasteiger partial charge in [0, 0.05) is 18.7 Å². The van der Waals surface area contributed by atoms with Gasteiger partial charge >= 0.3 is 0 Å². The van der Waals surface area contributed by atoms with E-state index in [0.29, 0.717) is 18.2 Å². The van der Waals surface area contributed by atoms with Crippen LogP contribution in [-0.4, -0.2) is 16.1 Å². The van der Waals surface area contributed by atoms with E-state index in [9.17, 15) is 0 Å². The predicted molar refractivity (Wildman–Crippen MR) is 63.6 cm³/mol. The minimum atomic E-state index is 0.546. The molecule has 1 aliphatic rings. The van der Waals surface area contributed by atoms with E-state index in [2.05, 4.69) is 10.2 Å². The highest BCUT2D eigenvalue weighted by molar-refractivity contribution is 6.17. The first-order chi connectivity index (χ1) is 7.88. The maximum absolute atomic E-state index is 5.62. The van der Waals surface area contributed by atoms with E-state index in [-0.39, 0.29) is 0 Å². The third-order valence-electron chi connectivity index (χ3n) is 3.31. The third-order valence-corrected chi connectivity index (χ3v) is 3.50. The summed E-state index contributed by atoms with van der Waals surface area (Å²) in [5, 5.41) is 8.01. The van der Waals surface area contributed by atoms with Crippen LogP contribution >= 0.6 is 11.6 Å². The molecule has 90 valence electrons. The van der Waals surface area contributed by atoms with Crippen molar-refractivity contribution >= 4 is 11.6 Å². The van der Waals surface area contributed by atoms with Gasteiger partial charge in [0.2, 0.25) is 11.8 Å². The molecule has 1 fully saturated rings. The number of aromatic nitrogens is 2. The first-order valence-electron chi connectivity index (χ1n) is 6.25. The van der Waals surface area contributed by atoms with Crippen LogP contribution < -0.4 is 0 Å². The summed E-state index contributed by atoms with van der Waals surface area (Å²) in [6, 6.07) is 0. The Bertz CT molecular complexity index is 308. The van der Waals surface area contributed by atoms with Gasteiger partial charge in [-0.2, -0.15) is 0 Å². The Labute approximate surface area is 102 Å². The summed E-state index contributed by atoms with van der Waals surface area (Å²) in [4.78, 5) is 0. The molecule has 1 aromatic heterocycles. The largest absolute Gasteiger partial charge is 0.425 e. The molecule has 0 amide bonds. The average molecular weight is 243 g/mol. The SMILES string of the molecule is ClCCc1nnc(CCC2CCCCC2)o1. The van der Waals surface area contributed by atoms with Gasteiger partial charge in [0.1, 0.15) is 0 Å². The van der Waals surface area contributed by atoms with Crippen LogP contribution in [0, 0.1) is 5.92 Å². The number of rotatable bonds is 5. The number of alkyl halides is 1. The van der Waals surface area contributed by atoms with E-state index >= 15 is 0 Å². The number of hydrogen-bond acceptors (Lipinski definition) is 3. The predicted octanol–water partition coefficient (Wildman–Crippen LogP) is 3.36. The third kappa shape index (κ3) is 3.48. The molecule has 0 radical (unpaired) electrons. The van der Waals surface area contributed by atoms with E-state index in [4.69, 9.17) is 16.0 Å². The van der Waals surface area contributed by atoms with Crippen LogP contribution in [0.15, 0.2) is 4.42 Å². The monoisotopic (exact) mass is 242 g/mol. The summed E-state index contributed by atoms with van der Waals surface area (Å²) in [5.74, 6) is 2.88. The quantitative estimate of drug-likeness (QED) is 0.744.